The lowest BCUT2D eigenvalue weighted by molar-refractivity contribution is 0.414. The molecule has 294 valence electrons. The molecule has 0 amide bonds. The van der Waals surface area contributed by atoms with Gasteiger partial charge < -0.3 is 4.90 Å². The van der Waals surface area contributed by atoms with Crippen LogP contribution in [0.1, 0.15) is 38.2 Å². The van der Waals surface area contributed by atoms with Gasteiger partial charge in [-0.2, -0.15) is 0 Å². The number of hydrogen-bond donors (Lipinski definition) is 0. The Balaban J connectivity index is 1.16. The Morgan fingerprint density at radius 2 is 0.919 bits per heavy atom. The van der Waals surface area contributed by atoms with Crippen molar-refractivity contribution in [2.24, 2.45) is 5.92 Å². The second kappa shape index (κ2) is 13.4. The van der Waals surface area contributed by atoms with Crippen LogP contribution in [0.25, 0.3) is 98.4 Å². The zero-order valence-electron chi connectivity index (χ0n) is 35.1. The molecule has 1 aliphatic carbocycles. The monoisotopic (exact) mass is 791 g/mol. The van der Waals surface area contributed by atoms with Crippen molar-refractivity contribution in [1.29, 1.82) is 0 Å². The van der Waals surface area contributed by atoms with Gasteiger partial charge in [0.25, 0.3) is 0 Å². The fourth-order valence-electron chi connectivity index (χ4n) is 12.3. The van der Waals surface area contributed by atoms with Crippen LogP contribution >= 0.6 is 0 Å². The first-order chi connectivity index (χ1) is 30.5. The second-order valence-electron chi connectivity index (χ2n) is 18.2. The van der Waals surface area contributed by atoms with Crippen LogP contribution in [0.2, 0.25) is 0 Å². The standard InChI is InChI=1S/C61H45N/c1-38-33-34-61(2)60(38)56-35-42(27-32-57(56)62(61)43-21-7-4-8-22-43)53-37-55(47-26-14-20-40-18-10-12-24-45(40)47)51-30-28-48-52(41-15-5-3-6-16-41)36-54(50-31-29-49(53)59(51)58(48)50)46-25-13-19-39-17-9-11-23-44(39)46/h3-32,35-38,60H,33-34H2,1-2H3. The van der Waals surface area contributed by atoms with Crippen LogP contribution in [-0.4, -0.2) is 5.54 Å². The average Bonchev–Trinajstić information content (AvgIpc) is 3.78. The molecule has 0 aromatic heterocycles. The molecule has 1 fully saturated rings. The van der Waals surface area contributed by atoms with E-state index in [1.54, 1.807) is 0 Å². The minimum absolute atomic E-state index is 0.0321. The van der Waals surface area contributed by atoms with Crippen LogP contribution in [0, 0.1) is 5.92 Å². The first kappa shape index (κ1) is 35.5. The van der Waals surface area contributed by atoms with Gasteiger partial charge in [0.2, 0.25) is 0 Å². The highest BCUT2D eigenvalue weighted by Gasteiger charge is 2.54. The normalized spacial score (nSPS) is 18.4. The van der Waals surface area contributed by atoms with E-state index in [-0.39, 0.29) is 5.54 Å². The third kappa shape index (κ3) is 5.03. The minimum Gasteiger partial charge on any atom is -0.335 e. The Hall–Kier alpha value is -7.22. The molecule has 2 aliphatic rings. The Morgan fingerprint density at radius 3 is 1.52 bits per heavy atom. The van der Waals surface area contributed by atoms with Crippen molar-refractivity contribution in [1.82, 2.24) is 0 Å². The molecule has 62 heavy (non-hydrogen) atoms. The number of fused-ring (bicyclic) bond motifs is 5. The Bertz CT molecular complexity index is 3560. The van der Waals surface area contributed by atoms with Crippen molar-refractivity contribution in [3.63, 3.8) is 0 Å². The molecular weight excluding hydrogens is 747 g/mol. The van der Waals surface area contributed by atoms with Crippen LogP contribution in [0.5, 0.6) is 0 Å². The first-order valence-corrected chi connectivity index (χ1v) is 22.3. The van der Waals surface area contributed by atoms with Crippen LogP contribution in [0.15, 0.2) is 200 Å². The molecule has 0 bridgehead atoms. The molecule has 1 saturated carbocycles. The molecule has 13 rings (SSSR count). The maximum absolute atomic E-state index is 2.67. The molecule has 1 aliphatic heterocycles. The van der Waals surface area contributed by atoms with Gasteiger partial charge in [0.15, 0.2) is 0 Å². The summed E-state index contributed by atoms with van der Waals surface area (Å²) >= 11 is 0. The maximum atomic E-state index is 2.67. The molecule has 1 nitrogen and oxygen atoms in total. The number of para-hydroxylation sites is 1. The van der Waals surface area contributed by atoms with Crippen molar-refractivity contribution >= 4 is 65.2 Å². The van der Waals surface area contributed by atoms with Crippen molar-refractivity contribution < 1.29 is 0 Å². The summed E-state index contributed by atoms with van der Waals surface area (Å²) in [5, 5.41) is 12.9. The number of hydrogen-bond acceptors (Lipinski definition) is 1. The lowest BCUT2D eigenvalue weighted by atomic mass is 9.80. The van der Waals surface area contributed by atoms with Gasteiger partial charge in [0, 0.05) is 22.8 Å². The van der Waals surface area contributed by atoms with E-state index in [1.165, 1.54) is 128 Å². The summed E-state index contributed by atoms with van der Waals surface area (Å²) in [5.41, 5.74) is 14.3. The van der Waals surface area contributed by atoms with Gasteiger partial charge in [0.1, 0.15) is 0 Å². The largest absolute Gasteiger partial charge is 0.335 e. The topological polar surface area (TPSA) is 3.24 Å². The molecule has 11 aromatic rings. The Labute approximate surface area is 362 Å². The van der Waals surface area contributed by atoms with E-state index in [2.05, 4.69) is 219 Å². The lowest BCUT2D eigenvalue weighted by Crippen LogP contribution is -2.40. The van der Waals surface area contributed by atoms with Crippen LogP contribution in [0.3, 0.4) is 0 Å². The van der Waals surface area contributed by atoms with Gasteiger partial charge in [-0.05, 0) is 166 Å². The predicted octanol–water partition coefficient (Wildman–Crippen LogP) is 17.0. The van der Waals surface area contributed by atoms with E-state index in [4.69, 9.17) is 0 Å². The van der Waals surface area contributed by atoms with Gasteiger partial charge in [-0.25, -0.2) is 0 Å². The molecule has 0 saturated heterocycles. The summed E-state index contributed by atoms with van der Waals surface area (Å²) in [4.78, 5) is 2.67. The third-order valence-electron chi connectivity index (χ3n) is 14.9. The summed E-state index contributed by atoms with van der Waals surface area (Å²) in [7, 11) is 0. The molecule has 3 unspecified atom stereocenters. The van der Waals surface area contributed by atoms with Gasteiger partial charge in [0.05, 0.1) is 0 Å². The number of rotatable bonds is 5. The Kier molecular flexibility index (Phi) is 7.67. The van der Waals surface area contributed by atoms with Crippen molar-refractivity contribution in [2.75, 3.05) is 4.90 Å². The molecule has 1 heterocycles. The molecule has 3 atom stereocenters. The molecule has 1 heteroatoms. The highest BCUT2D eigenvalue weighted by Crippen LogP contribution is 2.61. The van der Waals surface area contributed by atoms with E-state index in [0.29, 0.717) is 11.8 Å². The van der Waals surface area contributed by atoms with E-state index in [0.717, 1.165) is 0 Å². The molecule has 11 aromatic carbocycles. The van der Waals surface area contributed by atoms with Crippen molar-refractivity contribution in [3.05, 3.63) is 206 Å². The molecule has 0 radical (unpaired) electrons. The minimum atomic E-state index is 0.0321. The van der Waals surface area contributed by atoms with E-state index < -0.39 is 0 Å². The van der Waals surface area contributed by atoms with Gasteiger partial charge in [-0.1, -0.05) is 171 Å². The number of anilines is 2. The Morgan fingerprint density at radius 1 is 0.419 bits per heavy atom. The highest BCUT2D eigenvalue weighted by molar-refractivity contribution is 6.32. The summed E-state index contributed by atoms with van der Waals surface area (Å²) in [6, 6.07) is 75.5. The fourth-order valence-corrected chi connectivity index (χ4v) is 12.3. The number of nitrogens with zero attached hydrogens (tertiary/aromatic N) is 1. The predicted molar refractivity (Wildman–Crippen MR) is 265 cm³/mol. The van der Waals surface area contributed by atoms with Crippen LogP contribution in [0.4, 0.5) is 11.4 Å². The van der Waals surface area contributed by atoms with Crippen LogP contribution < -0.4 is 4.90 Å². The smallest absolute Gasteiger partial charge is 0.0495 e. The summed E-state index contributed by atoms with van der Waals surface area (Å²) in [6.45, 7) is 4.99. The highest BCUT2D eigenvalue weighted by atomic mass is 15.2. The van der Waals surface area contributed by atoms with E-state index in [1.807, 2.05) is 0 Å². The first-order valence-electron chi connectivity index (χ1n) is 22.3. The van der Waals surface area contributed by atoms with Gasteiger partial charge >= 0.3 is 0 Å². The number of benzene rings is 11. The van der Waals surface area contributed by atoms with Gasteiger partial charge in [-0.3, -0.25) is 0 Å². The summed E-state index contributed by atoms with van der Waals surface area (Å²) < 4.78 is 0. The third-order valence-corrected chi connectivity index (χ3v) is 14.9. The van der Waals surface area contributed by atoms with E-state index >= 15 is 0 Å². The SMILES string of the molecule is CC1CCC2(C)C1c1cc(-c3cc(-c4cccc5ccccc45)c4ccc5c(-c6ccccc6)cc(-c6cccc7ccccc67)c6ccc3c4c56)ccc1N2c1ccccc1. The average molecular weight is 792 g/mol. The lowest BCUT2D eigenvalue weighted by Gasteiger charge is -2.38. The second-order valence-corrected chi connectivity index (χ2v) is 18.2. The quantitative estimate of drug-likeness (QED) is 0.157. The molecular formula is C61H45N. The zero-order chi connectivity index (χ0) is 41.1. The van der Waals surface area contributed by atoms with Crippen molar-refractivity contribution in [2.45, 2.75) is 38.1 Å². The van der Waals surface area contributed by atoms with Crippen molar-refractivity contribution in [3.8, 4) is 44.5 Å². The molecule has 0 spiro atoms. The van der Waals surface area contributed by atoms with Gasteiger partial charge in [-0.15, -0.1) is 0 Å². The fraction of sp³-hybridized carbons (Fsp3) is 0.115. The molecule has 0 N–H and O–H groups in total. The summed E-state index contributed by atoms with van der Waals surface area (Å²) in [5.74, 6) is 1.05. The maximum Gasteiger partial charge on any atom is 0.0495 e. The van der Waals surface area contributed by atoms with Crippen LogP contribution in [-0.2, 0) is 0 Å². The zero-order valence-corrected chi connectivity index (χ0v) is 35.1. The summed E-state index contributed by atoms with van der Waals surface area (Å²) in [6.07, 6.45) is 2.42. The van der Waals surface area contributed by atoms with E-state index in [9.17, 15) is 0 Å².